The molecule has 2 saturated heterocycles. The minimum absolute atomic E-state index is 0.956. The number of fused-ring (bicyclic) bond motifs is 1. The Kier molecular flexibility index (Phi) is 4.79. The van der Waals surface area contributed by atoms with Gasteiger partial charge in [-0.25, -0.2) is 0 Å². The van der Waals surface area contributed by atoms with Gasteiger partial charge in [0.1, 0.15) is 0 Å². The van der Waals surface area contributed by atoms with E-state index in [2.05, 4.69) is 11.8 Å². The second-order valence-electron chi connectivity index (χ2n) is 4.22. The van der Waals surface area contributed by atoms with Gasteiger partial charge >= 0.3 is 0 Å². The van der Waals surface area contributed by atoms with E-state index in [1.54, 1.807) is 0 Å². The molecule has 0 radical (unpaired) electrons. The lowest BCUT2D eigenvalue weighted by atomic mass is 9.85. The van der Waals surface area contributed by atoms with Gasteiger partial charge in [0.15, 0.2) is 0 Å². The van der Waals surface area contributed by atoms with E-state index < -0.39 is 0 Å². The molecule has 2 aliphatic heterocycles. The van der Waals surface area contributed by atoms with Crippen LogP contribution in [0.4, 0.5) is 0 Å². The smallest absolute Gasteiger partial charge is 0.0121 e. The summed E-state index contributed by atoms with van der Waals surface area (Å²) in [5.41, 5.74) is 0. The normalized spacial score (nSPS) is 34.4. The number of hydrogen-bond acceptors (Lipinski definition) is 1. The van der Waals surface area contributed by atoms with Crippen molar-refractivity contribution in [2.24, 2.45) is 5.92 Å². The van der Waals surface area contributed by atoms with E-state index >= 15 is 0 Å². The first-order chi connectivity index (χ1) is 6.38. The lowest BCUT2D eigenvalue weighted by Gasteiger charge is -2.43. The van der Waals surface area contributed by atoms with E-state index in [0.29, 0.717) is 0 Å². The molecule has 0 bridgehead atoms. The van der Waals surface area contributed by atoms with E-state index in [1.807, 2.05) is 13.8 Å². The molecular formula is C12H25N. The predicted octanol–water partition coefficient (Wildman–Crippen LogP) is 3.30. The van der Waals surface area contributed by atoms with E-state index in [1.165, 1.54) is 45.2 Å². The zero-order valence-electron chi connectivity index (χ0n) is 9.55. The molecule has 0 aromatic rings. The molecule has 1 nitrogen and oxygen atoms in total. The highest BCUT2D eigenvalue weighted by Gasteiger charge is 2.29. The van der Waals surface area contributed by atoms with Gasteiger partial charge < -0.3 is 4.90 Å². The first-order valence-electron chi connectivity index (χ1n) is 6.12. The van der Waals surface area contributed by atoms with Crippen LogP contribution in [0, 0.1) is 5.92 Å². The molecule has 0 N–H and O–H groups in total. The van der Waals surface area contributed by atoms with Gasteiger partial charge in [0.25, 0.3) is 0 Å². The summed E-state index contributed by atoms with van der Waals surface area (Å²) < 4.78 is 0. The third kappa shape index (κ3) is 2.70. The Morgan fingerprint density at radius 1 is 0.923 bits per heavy atom. The molecule has 0 spiro atoms. The summed E-state index contributed by atoms with van der Waals surface area (Å²) in [6.07, 6.45) is 7.31. The summed E-state index contributed by atoms with van der Waals surface area (Å²) in [5.74, 6) is 0.976. The minimum atomic E-state index is 0.956. The molecule has 2 aliphatic rings. The molecular weight excluding hydrogens is 158 g/mol. The zero-order valence-corrected chi connectivity index (χ0v) is 9.55. The van der Waals surface area contributed by atoms with E-state index in [0.717, 1.165) is 12.0 Å². The predicted molar refractivity (Wildman–Crippen MR) is 59.0 cm³/mol. The van der Waals surface area contributed by atoms with Gasteiger partial charge in [-0.1, -0.05) is 27.2 Å². The molecule has 2 fully saturated rings. The van der Waals surface area contributed by atoms with Gasteiger partial charge in [-0.2, -0.15) is 0 Å². The van der Waals surface area contributed by atoms with Crippen LogP contribution in [0.2, 0.25) is 0 Å². The van der Waals surface area contributed by atoms with Crippen molar-refractivity contribution >= 4 is 0 Å². The Balaban J connectivity index is 0.000000396. The molecule has 1 heteroatoms. The quantitative estimate of drug-likeness (QED) is 0.557. The highest BCUT2D eigenvalue weighted by Crippen LogP contribution is 2.29. The van der Waals surface area contributed by atoms with E-state index in [9.17, 15) is 0 Å². The van der Waals surface area contributed by atoms with Crippen molar-refractivity contribution in [2.45, 2.75) is 58.9 Å². The lowest BCUT2D eigenvalue weighted by Crippen LogP contribution is -2.46. The number of piperidine rings is 2. The van der Waals surface area contributed by atoms with Crippen molar-refractivity contribution in [1.82, 2.24) is 4.90 Å². The third-order valence-electron chi connectivity index (χ3n) is 3.43. The Labute approximate surface area is 83.5 Å². The second kappa shape index (κ2) is 5.64. The van der Waals surface area contributed by atoms with Crippen LogP contribution < -0.4 is 0 Å². The topological polar surface area (TPSA) is 3.24 Å². The molecule has 78 valence electrons. The van der Waals surface area contributed by atoms with E-state index in [-0.39, 0.29) is 0 Å². The summed E-state index contributed by atoms with van der Waals surface area (Å²) in [4.78, 5) is 2.72. The maximum atomic E-state index is 2.72. The Morgan fingerprint density at radius 2 is 1.62 bits per heavy atom. The standard InChI is InChI=1S/C10H19N.C2H6/c1-9-5-4-8-11-7-3-2-6-10(9)11;1-2/h9-10H,2-8H2,1H3;1-2H3. The third-order valence-corrected chi connectivity index (χ3v) is 3.43. The SMILES string of the molecule is CC.CC1CCCN2CCCCC12. The lowest BCUT2D eigenvalue weighted by molar-refractivity contribution is 0.0674. The van der Waals surface area contributed by atoms with Gasteiger partial charge in [0.2, 0.25) is 0 Å². The van der Waals surface area contributed by atoms with Crippen LogP contribution in [0.25, 0.3) is 0 Å². The highest BCUT2D eigenvalue weighted by atomic mass is 15.2. The van der Waals surface area contributed by atoms with Crippen molar-refractivity contribution in [3.05, 3.63) is 0 Å². The van der Waals surface area contributed by atoms with Crippen LogP contribution in [0.15, 0.2) is 0 Å². The fourth-order valence-electron chi connectivity index (χ4n) is 2.75. The van der Waals surface area contributed by atoms with Crippen molar-refractivity contribution in [2.75, 3.05) is 13.1 Å². The van der Waals surface area contributed by atoms with Gasteiger partial charge in [0.05, 0.1) is 0 Å². The minimum Gasteiger partial charge on any atom is -0.300 e. The van der Waals surface area contributed by atoms with Gasteiger partial charge in [0, 0.05) is 6.04 Å². The molecule has 2 atom stereocenters. The van der Waals surface area contributed by atoms with Crippen LogP contribution >= 0.6 is 0 Å². The Hall–Kier alpha value is -0.0400. The Morgan fingerprint density at radius 3 is 2.31 bits per heavy atom. The molecule has 0 aromatic heterocycles. The maximum Gasteiger partial charge on any atom is 0.0121 e. The molecule has 2 rings (SSSR count). The van der Waals surface area contributed by atoms with E-state index in [4.69, 9.17) is 0 Å². The molecule has 0 aromatic carbocycles. The molecule has 0 saturated carbocycles. The van der Waals surface area contributed by atoms with Crippen LogP contribution in [-0.2, 0) is 0 Å². The largest absolute Gasteiger partial charge is 0.300 e. The van der Waals surface area contributed by atoms with Crippen molar-refractivity contribution in [3.8, 4) is 0 Å². The molecule has 2 heterocycles. The molecule has 2 unspecified atom stereocenters. The van der Waals surface area contributed by atoms with Crippen molar-refractivity contribution in [3.63, 3.8) is 0 Å². The van der Waals surface area contributed by atoms with Gasteiger partial charge in [-0.15, -0.1) is 0 Å². The van der Waals surface area contributed by atoms with Gasteiger partial charge in [-0.05, 0) is 44.7 Å². The molecule has 0 aliphatic carbocycles. The number of nitrogens with zero attached hydrogens (tertiary/aromatic N) is 1. The number of rotatable bonds is 0. The second-order valence-corrected chi connectivity index (χ2v) is 4.22. The van der Waals surface area contributed by atoms with Crippen molar-refractivity contribution < 1.29 is 0 Å². The molecule has 13 heavy (non-hydrogen) atoms. The van der Waals surface area contributed by atoms with Gasteiger partial charge in [-0.3, -0.25) is 0 Å². The fourth-order valence-corrected chi connectivity index (χ4v) is 2.75. The average Bonchev–Trinajstić information content (AvgIpc) is 2.22. The first kappa shape index (κ1) is 11.0. The first-order valence-corrected chi connectivity index (χ1v) is 6.12. The highest BCUT2D eigenvalue weighted by molar-refractivity contribution is 4.84. The summed E-state index contributed by atoms with van der Waals surface area (Å²) in [7, 11) is 0. The monoisotopic (exact) mass is 183 g/mol. The Bertz CT molecular complexity index is 131. The van der Waals surface area contributed by atoms with Crippen LogP contribution in [0.1, 0.15) is 52.9 Å². The maximum absolute atomic E-state index is 2.72. The number of hydrogen-bond donors (Lipinski definition) is 0. The molecule has 0 amide bonds. The summed E-state index contributed by atoms with van der Waals surface area (Å²) in [6, 6.07) is 0.956. The summed E-state index contributed by atoms with van der Waals surface area (Å²) >= 11 is 0. The van der Waals surface area contributed by atoms with Crippen LogP contribution in [0.5, 0.6) is 0 Å². The fraction of sp³-hybridized carbons (Fsp3) is 1.00. The summed E-state index contributed by atoms with van der Waals surface area (Å²) in [5, 5.41) is 0. The van der Waals surface area contributed by atoms with Crippen LogP contribution in [0.3, 0.4) is 0 Å². The zero-order chi connectivity index (χ0) is 9.68. The van der Waals surface area contributed by atoms with Crippen LogP contribution in [-0.4, -0.2) is 24.0 Å². The average molecular weight is 183 g/mol. The van der Waals surface area contributed by atoms with Crippen molar-refractivity contribution in [1.29, 1.82) is 0 Å². The summed E-state index contributed by atoms with van der Waals surface area (Å²) in [6.45, 7) is 9.20.